The topological polar surface area (TPSA) is 58.2 Å². The fourth-order valence-corrected chi connectivity index (χ4v) is 2.82. The van der Waals surface area contributed by atoms with E-state index in [-0.39, 0.29) is 17.9 Å². The van der Waals surface area contributed by atoms with E-state index in [9.17, 15) is 17.2 Å². The molecule has 0 spiro atoms. The van der Waals surface area contributed by atoms with Crippen molar-refractivity contribution in [3.63, 3.8) is 0 Å². The fraction of sp³-hybridized carbons (Fsp3) is 0.538. The predicted octanol–water partition coefficient (Wildman–Crippen LogP) is 1.53. The Morgan fingerprint density at radius 3 is 2.65 bits per heavy atom. The highest BCUT2D eigenvalue weighted by atomic mass is 32.2. The summed E-state index contributed by atoms with van der Waals surface area (Å²) < 4.78 is 51.8. The zero-order valence-corrected chi connectivity index (χ0v) is 11.8. The van der Waals surface area contributed by atoms with Crippen molar-refractivity contribution in [2.75, 3.05) is 12.3 Å². The number of nitrogens with one attached hydrogen (secondary N) is 2. The average molecular weight is 304 g/mol. The normalized spacial score (nSPS) is 15.5. The van der Waals surface area contributed by atoms with Gasteiger partial charge in [0.15, 0.2) is 0 Å². The van der Waals surface area contributed by atoms with Crippen molar-refractivity contribution >= 4 is 10.0 Å². The van der Waals surface area contributed by atoms with Gasteiger partial charge in [-0.15, -0.1) is 0 Å². The van der Waals surface area contributed by atoms with E-state index in [1.807, 2.05) is 0 Å². The Balaban J connectivity index is 1.75. The molecule has 4 nitrogen and oxygen atoms in total. The monoisotopic (exact) mass is 304 g/mol. The van der Waals surface area contributed by atoms with Crippen molar-refractivity contribution in [1.29, 1.82) is 0 Å². The lowest BCUT2D eigenvalue weighted by atomic mass is 10.2. The summed E-state index contributed by atoms with van der Waals surface area (Å²) >= 11 is 0. The summed E-state index contributed by atoms with van der Waals surface area (Å²) in [6, 6.07) is 3.64. The Hall–Kier alpha value is -1.05. The van der Waals surface area contributed by atoms with Crippen LogP contribution >= 0.6 is 0 Å². The minimum Gasteiger partial charge on any atom is -0.314 e. The highest BCUT2D eigenvalue weighted by molar-refractivity contribution is 7.89. The molecule has 0 atom stereocenters. The number of hydrogen-bond donors (Lipinski definition) is 2. The van der Waals surface area contributed by atoms with Crippen molar-refractivity contribution in [2.45, 2.75) is 31.8 Å². The Labute approximate surface area is 117 Å². The summed E-state index contributed by atoms with van der Waals surface area (Å²) in [7, 11) is -3.43. The maximum absolute atomic E-state index is 13.3. The third-order valence-electron chi connectivity index (χ3n) is 3.10. The Morgan fingerprint density at radius 1 is 1.25 bits per heavy atom. The molecular weight excluding hydrogens is 286 g/mol. The minimum atomic E-state index is -3.43. The highest BCUT2D eigenvalue weighted by Gasteiger charge is 2.20. The maximum Gasteiger partial charge on any atom is 0.211 e. The van der Waals surface area contributed by atoms with Gasteiger partial charge in [-0.05, 0) is 31.9 Å². The van der Waals surface area contributed by atoms with Gasteiger partial charge in [-0.3, -0.25) is 0 Å². The number of sulfonamides is 1. The van der Waals surface area contributed by atoms with Crippen LogP contribution in [0.1, 0.15) is 24.8 Å². The molecule has 0 aromatic heterocycles. The zero-order valence-electron chi connectivity index (χ0n) is 11.0. The van der Waals surface area contributed by atoms with E-state index in [0.29, 0.717) is 19.0 Å². The molecule has 20 heavy (non-hydrogen) atoms. The second-order valence-corrected chi connectivity index (χ2v) is 6.88. The van der Waals surface area contributed by atoms with Gasteiger partial charge in [0, 0.05) is 24.2 Å². The van der Waals surface area contributed by atoms with Gasteiger partial charge in [0.1, 0.15) is 11.6 Å². The molecular formula is C13H18F2N2O2S. The average Bonchev–Trinajstić information content (AvgIpc) is 3.18. The van der Waals surface area contributed by atoms with Gasteiger partial charge < -0.3 is 5.32 Å². The Morgan fingerprint density at radius 2 is 2.00 bits per heavy atom. The van der Waals surface area contributed by atoms with Crippen LogP contribution in [-0.4, -0.2) is 26.8 Å². The molecule has 112 valence electrons. The van der Waals surface area contributed by atoms with E-state index in [1.165, 1.54) is 6.07 Å². The van der Waals surface area contributed by atoms with Crippen LogP contribution in [0.3, 0.4) is 0 Å². The Kier molecular flexibility index (Phi) is 5.06. The molecule has 1 saturated carbocycles. The molecule has 1 aliphatic rings. The van der Waals surface area contributed by atoms with E-state index in [4.69, 9.17) is 0 Å². The molecule has 0 saturated heterocycles. The van der Waals surface area contributed by atoms with Gasteiger partial charge in [-0.2, -0.15) is 0 Å². The van der Waals surface area contributed by atoms with Crippen molar-refractivity contribution in [2.24, 2.45) is 0 Å². The van der Waals surface area contributed by atoms with E-state index >= 15 is 0 Å². The molecule has 1 aromatic rings. The molecule has 2 N–H and O–H groups in total. The first-order chi connectivity index (χ1) is 9.46. The van der Waals surface area contributed by atoms with E-state index in [1.54, 1.807) is 0 Å². The van der Waals surface area contributed by atoms with Crippen LogP contribution in [-0.2, 0) is 16.6 Å². The Bertz CT molecular complexity index is 559. The second-order valence-electron chi connectivity index (χ2n) is 4.96. The van der Waals surface area contributed by atoms with Gasteiger partial charge in [0.2, 0.25) is 10.0 Å². The van der Waals surface area contributed by atoms with Crippen LogP contribution in [0.5, 0.6) is 0 Å². The van der Waals surface area contributed by atoms with Gasteiger partial charge in [-0.25, -0.2) is 21.9 Å². The number of benzene rings is 1. The van der Waals surface area contributed by atoms with Crippen LogP contribution in [0.4, 0.5) is 8.78 Å². The highest BCUT2D eigenvalue weighted by Crippen LogP contribution is 2.18. The molecule has 0 unspecified atom stereocenters. The fourth-order valence-electron chi connectivity index (χ4n) is 1.78. The molecule has 0 aliphatic heterocycles. The first kappa shape index (κ1) is 15.3. The number of halogens is 2. The lowest BCUT2D eigenvalue weighted by Crippen LogP contribution is -2.28. The van der Waals surface area contributed by atoms with Crippen molar-refractivity contribution in [3.8, 4) is 0 Å². The van der Waals surface area contributed by atoms with Crippen LogP contribution < -0.4 is 10.0 Å². The summed E-state index contributed by atoms with van der Waals surface area (Å²) in [6.07, 6.45) is 2.83. The lowest BCUT2D eigenvalue weighted by Gasteiger charge is -2.08. The first-order valence-electron chi connectivity index (χ1n) is 6.61. The predicted molar refractivity (Wildman–Crippen MR) is 72.6 cm³/mol. The van der Waals surface area contributed by atoms with E-state index < -0.39 is 21.7 Å². The summed E-state index contributed by atoms with van der Waals surface area (Å²) in [4.78, 5) is 0. The molecule has 0 heterocycles. The molecule has 7 heteroatoms. The maximum atomic E-state index is 13.3. The molecule has 0 bridgehead atoms. The quantitative estimate of drug-likeness (QED) is 0.716. The van der Waals surface area contributed by atoms with Gasteiger partial charge in [0.25, 0.3) is 0 Å². The molecule has 1 fully saturated rings. The third-order valence-corrected chi connectivity index (χ3v) is 4.51. The summed E-state index contributed by atoms with van der Waals surface area (Å²) in [5.41, 5.74) is 0.131. The van der Waals surface area contributed by atoms with Crippen molar-refractivity contribution < 1.29 is 17.2 Å². The smallest absolute Gasteiger partial charge is 0.211 e. The molecule has 0 amide bonds. The largest absolute Gasteiger partial charge is 0.314 e. The number of hydrogen-bond acceptors (Lipinski definition) is 3. The van der Waals surface area contributed by atoms with Crippen molar-refractivity contribution in [3.05, 3.63) is 35.4 Å². The zero-order chi connectivity index (χ0) is 14.6. The lowest BCUT2D eigenvalue weighted by molar-refractivity contribution is 0.560. The first-order valence-corrected chi connectivity index (χ1v) is 8.26. The SMILES string of the molecule is O=S(=O)(CCCNC1CC1)NCc1ccc(F)cc1F. The van der Waals surface area contributed by atoms with Gasteiger partial charge in [-0.1, -0.05) is 6.07 Å². The van der Waals surface area contributed by atoms with E-state index in [0.717, 1.165) is 25.0 Å². The van der Waals surface area contributed by atoms with Crippen molar-refractivity contribution in [1.82, 2.24) is 10.0 Å². The molecule has 0 radical (unpaired) electrons. The van der Waals surface area contributed by atoms with Gasteiger partial charge >= 0.3 is 0 Å². The van der Waals surface area contributed by atoms with E-state index in [2.05, 4.69) is 10.0 Å². The standard InChI is InChI=1S/C13H18F2N2O2S/c14-11-3-2-10(13(15)8-11)9-17-20(18,19)7-1-6-16-12-4-5-12/h2-3,8,12,16-17H,1,4-7,9H2. The second kappa shape index (κ2) is 6.60. The molecule has 1 aromatic carbocycles. The summed E-state index contributed by atoms with van der Waals surface area (Å²) in [5.74, 6) is -1.43. The van der Waals surface area contributed by atoms with Gasteiger partial charge in [0.05, 0.1) is 5.75 Å². The summed E-state index contributed by atoms with van der Waals surface area (Å²) in [5, 5.41) is 3.22. The van der Waals surface area contributed by atoms with Crippen LogP contribution in [0.25, 0.3) is 0 Å². The van der Waals surface area contributed by atoms with Crippen LogP contribution in [0.15, 0.2) is 18.2 Å². The molecule has 2 rings (SSSR count). The van der Waals surface area contributed by atoms with Crippen LogP contribution in [0, 0.1) is 11.6 Å². The third kappa shape index (κ3) is 5.15. The number of rotatable bonds is 8. The van der Waals surface area contributed by atoms with Crippen LogP contribution in [0.2, 0.25) is 0 Å². The summed E-state index contributed by atoms with van der Waals surface area (Å²) in [6.45, 7) is 0.501. The molecule has 1 aliphatic carbocycles. The minimum absolute atomic E-state index is 0.00443.